The lowest BCUT2D eigenvalue weighted by Crippen LogP contribution is -2.55. The van der Waals surface area contributed by atoms with Gasteiger partial charge in [-0.1, -0.05) is 92.0 Å². The minimum absolute atomic E-state index is 1.00. The van der Waals surface area contributed by atoms with Gasteiger partial charge < -0.3 is 9.64 Å². The Labute approximate surface area is 208 Å². The molecule has 0 unspecified atom stereocenters. The zero-order valence-corrected chi connectivity index (χ0v) is 21.0. The number of fused-ring (bicyclic) bond motifs is 2. The average molecular weight is 470 g/mol. The molecule has 0 bridgehead atoms. The fourth-order valence-electron chi connectivity index (χ4n) is 5.03. The van der Waals surface area contributed by atoms with Crippen molar-refractivity contribution in [3.63, 3.8) is 0 Å². The van der Waals surface area contributed by atoms with E-state index in [1.165, 1.54) is 21.5 Å². The molecule has 35 heavy (non-hydrogen) atoms. The van der Waals surface area contributed by atoms with Crippen molar-refractivity contribution in [3.8, 4) is 22.6 Å². The molecule has 0 saturated heterocycles. The highest BCUT2D eigenvalue weighted by molar-refractivity contribution is 7.01. The number of ether oxygens (including phenoxy) is 1. The maximum Gasteiger partial charge on any atom is 0.127 e. The monoisotopic (exact) mass is 469 g/mol. The molecule has 1 heterocycles. The van der Waals surface area contributed by atoms with E-state index in [1.807, 2.05) is 0 Å². The molecule has 0 aromatic heterocycles. The zero-order valence-electron chi connectivity index (χ0n) is 20.0. The quantitative estimate of drug-likeness (QED) is 0.249. The van der Waals surface area contributed by atoms with Crippen LogP contribution in [0.5, 0.6) is 11.5 Å². The molecule has 0 aliphatic carbocycles. The van der Waals surface area contributed by atoms with Gasteiger partial charge >= 0.3 is 0 Å². The van der Waals surface area contributed by atoms with E-state index in [9.17, 15) is 0 Å². The van der Waals surface area contributed by atoms with Gasteiger partial charge in [0.15, 0.2) is 0 Å². The number of nitrogens with zero attached hydrogens (tertiary/aromatic N) is 1. The van der Waals surface area contributed by atoms with E-state index in [0.29, 0.717) is 0 Å². The number of benzene rings is 5. The number of anilines is 3. The lowest BCUT2D eigenvalue weighted by Gasteiger charge is -2.33. The highest BCUT2D eigenvalue weighted by Gasteiger charge is 2.36. The Bertz CT molecular complexity index is 1440. The van der Waals surface area contributed by atoms with Gasteiger partial charge in [0.05, 0.1) is 0 Å². The van der Waals surface area contributed by atoms with E-state index in [0.717, 1.165) is 28.6 Å². The van der Waals surface area contributed by atoms with Crippen molar-refractivity contribution in [2.75, 3.05) is 4.90 Å². The first kappa shape index (κ1) is 21.5. The first-order valence-corrected chi connectivity index (χ1v) is 15.0. The number of rotatable bonds is 4. The standard InChI is InChI=1S/C32H27NOSi/c1-35(2)31-16-10-9-15-29(31)34-30-22-19-25(23-32(30)35)24-17-20-28(21-18-24)33(26-11-5-3-6-12-26)27-13-7-4-8-14-27/h3-23H,1-2H3. The SMILES string of the molecule is C[Si]1(C)c2ccccc2Oc2ccc(-c3ccc(N(c4ccccc4)c4ccccc4)cc3)cc21. The van der Waals surface area contributed by atoms with Crippen LogP contribution in [0.1, 0.15) is 0 Å². The second-order valence-corrected chi connectivity index (χ2v) is 13.8. The van der Waals surface area contributed by atoms with Crippen molar-refractivity contribution in [1.29, 1.82) is 0 Å². The number of hydrogen-bond donors (Lipinski definition) is 0. The van der Waals surface area contributed by atoms with Gasteiger partial charge in [-0.2, -0.15) is 0 Å². The van der Waals surface area contributed by atoms with E-state index in [-0.39, 0.29) is 0 Å². The fraction of sp³-hybridized carbons (Fsp3) is 0.0625. The van der Waals surface area contributed by atoms with Gasteiger partial charge in [0.25, 0.3) is 0 Å². The third-order valence-electron chi connectivity index (χ3n) is 6.92. The summed E-state index contributed by atoms with van der Waals surface area (Å²) in [6.45, 7) is 4.83. The summed E-state index contributed by atoms with van der Waals surface area (Å²) >= 11 is 0. The minimum atomic E-state index is -1.85. The van der Waals surface area contributed by atoms with Crippen LogP contribution < -0.4 is 20.0 Å². The Balaban J connectivity index is 1.37. The van der Waals surface area contributed by atoms with Crippen LogP contribution in [-0.4, -0.2) is 8.07 Å². The predicted octanol–water partition coefficient (Wildman–Crippen LogP) is 7.75. The molecule has 3 heteroatoms. The molecule has 170 valence electrons. The molecule has 1 aliphatic heterocycles. The highest BCUT2D eigenvalue weighted by atomic mass is 28.3. The number of hydrogen-bond acceptors (Lipinski definition) is 2. The molecule has 5 aromatic carbocycles. The number of para-hydroxylation sites is 3. The van der Waals surface area contributed by atoms with Crippen LogP contribution >= 0.6 is 0 Å². The molecule has 6 rings (SSSR count). The van der Waals surface area contributed by atoms with Crippen LogP contribution in [0.3, 0.4) is 0 Å². The predicted molar refractivity (Wildman–Crippen MR) is 150 cm³/mol. The van der Waals surface area contributed by atoms with Gasteiger partial charge in [-0.3, -0.25) is 0 Å². The average Bonchev–Trinajstić information content (AvgIpc) is 2.91. The summed E-state index contributed by atoms with van der Waals surface area (Å²) in [5, 5.41) is 2.72. The van der Waals surface area contributed by atoms with E-state index in [1.54, 1.807) is 0 Å². The van der Waals surface area contributed by atoms with Gasteiger partial charge in [-0.05, 0) is 70.0 Å². The molecule has 0 spiro atoms. The van der Waals surface area contributed by atoms with E-state index < -0.39 is 8.07 Å². The van der Waals surface area contributed by atoms with Crippen LogP contribution in [0.15, 0.2) is 127 Å². The van der Waals surface area contributed by atoms with Gasteiger partial charge in [-0.25, -0.2) is 0 Å². The maximum atomic E-state index is 6.28. The summed E-state index contributed by atoms with van der Waals surface area (Å²) in [6, 6.07) is 45.1. The molecule has 0 fully saturated rings. The van der Waals surface area contributed by atoms with E-state index in [4.69, 9.17) is 4.74 Å². The third kappa shape index (κ3) is 3.84. The van der Waals surface area contributed by atoms with Crippen molar-refractivity contribution in [2.24, 2.45) is 0 Å². The van der Waals surface area contributed by atoms with Crippen LogP contribution in [0.4, 0.5) is 17.1 Å². The summed E-state index contributed by atoms with van der Waals surface area (Å²) in [4.78, 5) is 2.29. The molecule has 0 saturated carbocycles. The van der Waals surface area contributed by atoms with Crippen LogP contribution in [-0.2, 0) is 0 Å². The molecule has 0 radical (unpaired) electrons. The van der Waals surface area contributed by atoms with Gasteiger partial charge in [0.2, 0.25) is 0 Å². The summed E-state index contributed by atoms with van der Waals surface area (Å²) < 4.78 is 6.28. The van der Waals surface area contributed by atoms with E-state index >= 15 is 0 Å². The summed E-state index contributed by atoms with van der Waals surface area (Å²) in [5.41, 5.74) is 5.86. The molecular formula is C32H27NOSi. The van der Waals surface area contributed by atoms with Crippen LogP contribution in [0, 0.1) is 0 Å². The summed E-state index contributed by atoms with van der Waals surface area (Å²) in [7, 11) is -1.85. The molecule has 0 atom stereocenters. The van der Waals surface area contributed by atoms with Crippen molar-refractivity contribution < 1.29 is 4.74 Å². The molecule has 1 aliphatic rings. The van der Waals surface area contributed by atoms with Gasteiger partial charge in [0, 0.05) is 17.1 Å². The first-order chi connectivity index (χ1) is 17.1. The topological polar surface area (TPSA) is 12.5 Å². The zero-order chi connectivity index (χ0) is 23.8. The maximum absolute atomic E-state index is 6.28. The molecule has 2 nitrogen and oxygen atoms in total. The molecule has 0 N–H and O–H groups in total. The minimum Gasteiger partial charge on any atom is -0.458 e. The molecular weight excluding hydrogens is 442 g/mol. The molecule has 0 amide bonds. The van der Waals surface area contributed by atoms with Gasteiger partial charge in [0.1, 0.15) is 19.6 Å². The molecule has 5 aromatic rings. The Kier molecular flexibility index (Phi) is 5.27. The Morgan fingerprint density at radius 2 is 1.00 bits per heavy atom. The third-order valence-corrected chi connectivity index (χ3v) is 10.4. The Morgan fingerprint density at radius 1 is 0.486 bits per heavy atom. The van der Waals surface area contributed by atoms with Crippen molar-refractivity contribution >= 4 is 35.5 Å². The lowest BCUT2D eigenvalue weighted by atomic mass is 10.0. The summed E-state index contributed by atoms with van der Waals surface area (Å²) in [6.07, 6.45) is 0. The van der Waals surface area contributed by atoms with E-state index in [2.05, 4.69) is 145 Å². The largest absolute Gasteiger partial charge is 0.458 e. The van der Waals surface area contributed by atoms with Crippen LogP contribution in [0.25, 0.3) is 11.1 Å². The normalized spacial score (nSPS) is 13.3. The van der Waals surface area contributed by atoms with Crippen molar-refractivity contribution in [1.82, 2.24) is 0 Å². The smallest absolute Gasteiger partial charge is 0.127 e. The first-order valence-electron chi connectivity index (χ1n) is 12.0. The highest BCUT2D eigenvalue weighted by Crippen LogP contribution is 2.36. The lowest BCUT2D eigenvalue weighted by molar-refractivity contribution is 0.487. The Morgan fingerprint density at radius 3 is 1.66 bits per heavy atom. The second kappa shape index (κ2) is 8.61. The fourth-order valence-corrected chi connectivity index (χ4v) is 7.85. The van der Waals surface area contributed by atoms with Crippen molar-refractivity contribution in [3.05, 3.63) is 127 Å². The summed E-state index contributed by atoms with van der Waals surface area (Å²) in [5.74, 6) is 2.01. The van der Waals surface area contributed by atoms with Gasteiger partial charge in [-0.15, -0.1) is 0 Å². The van der Waals surface area contributed by atoms with Crippen LogP contribution in [0.2, 0.25) is 13.1 Å². The van der Waals surface area contributed by atoms with Crippen molar-refractivity contribution in [2.45, 2.75) is 13.1 Å². The Hall–Kier alpha value is -4.08. The second-order valence-electron chi connectivity index (χ2n) is 9.49.